The number of anilines is 1. The Morgan fingerprint density at radius 3 is 2.36 bits per heavy atom. The zero-order valence-electron chi connectivity index (χ0n) is 11.4. The molecule has 0 saturated heterocycles. The molecule has 0 saturated carbocycles. The Morgan fingerprint density at radius 2 is 1.64 bits per heavy atom. The van der Waals surface area contributed by atoms with E-state index in [2.05, 4.69) is 10.3 Å². The number of rotatable bonds is 3. The van der Waals surface area contributed by atoms with Crippen LogP contribution in [0.2, 0.25) is 0 Å². The number of nitrogens with one attached hydrogen (secondary N) is 1. The normalized spacial score (nSPS) is 10.4. The van der Waals surface area contributed by atoms with Crippen molar-refractivity contribution >= 4 is 28.5 Å². The molecule has 3 aromatic rings. The second kappa shape index (κ2) is 5.65. The van der Waals surface area contributed by atoms with E-state index in [1.807, 2.05) is 30.3 Å². The van der Waals surface area contributed by atoms with E-state index in [1.165, 1.54) is 24.3 Å². The van der Waals surface area contributed by atoms with Crippen molar-refractivity contribution in [2.75, 3.05) is 5.32 Å². The molecule has 3 rings (SSSR count). The summed E-state index contributed by atoms with van der Waals surface area (Å²) >= 11 is 0. The fraction of sp³-hybridized carbons (Fsp3) is 0. The highest BCUT2D eigenvalue weighted by Crippen LogP contribution is 2.14. The van der Waals surface area contributed by atoms with Crippen molar-refractivity contribution in [2.24, 2.45) is 0 Å². The molecule has 22 heavy (non-hydrogen) atoms. The third kappa shape index (κ3) is 2.78. The number of carbonyl (C=O) groups excluding carboxylic acids is 2. The van der Waals surface area contributed by atoms with E-state index in [9.17, 15) is 14.7 Å². The van der Waals surface area contributed by atoms with Crippen LogP contribution in [0.4, 0.5) is 5.69 Å². The molecule has 0 aliphatic rings. The van der Waals surface area contributed by atoms with Gasteiger partial charge in [-0.1, -0.05) is 36.4 Å². The Kier molecular flexibility index (Phi) is 3.53. The van der Waals surface area contributed by atoms with E-state index >= 15 is 0 Å². The quantitative estimate of drug-likeness (QED) is 0.798. The van der Waals surface area contributed by atoms with Gasteiger partial charge in [-0.25, -0.2) is 4.98 Å². The van der Waals surface area contributed by atoms with Gasteiger partial charge in [0, 0.05) is 11.1 Å². The van der Waals surface area contributed by atoms with Gasteiger partial charge in [0.05, 0.1) is 11.5 Å². The van der Waals surface area contributed by atoms with E-state index < -0.39 is 5.97 Å². The van der Waals surface area contributed by atoms with Crippen LogP contribution < -0.4 is 10.4 Å². The van der Waals surface area contributed by atoms with E-state index in [-0.39, 0.29) is 11.5 Å². The minimum Gasteiger partial charge on any atom is -0.545 e. The van der Waals surface area contributed by atoms with E-state index in [1.54, 1.807) is 6.07 Å². The molecule has 5 nitrogen and oxygen atoms in total. The number of nitrogens with zero attached hydrogens (tertiary/aromatic N) is 1. The maximum Gasteiger partial charge on any atom is 0.274 e. The van der Waals surface area contributed by atoms with Crippen LogP contribution in [0.1, 0.15) is 20.8 Å². The number of amides is 1. The summed E-state index contributed by atoms with van der Waals surface area (Å²) in [5, 5.41) is 14.3. The van der Waals surface area contributed by atoms with Gasteiger partial charge in [0.25, 0.3) is 5.91 Å². The zero-order chi connectivity index (χ0) is 15.5. The Hall–Kier alpha value is -3.21. The lowest BCUT2D eigenvalue weighted by Crippen LogP contribution is -2.22. The highest BCUT2D eigenvalue weighted by molar-refractivity contribution is 6.04. The molecule has 0 bridgehead atoms. The molecule has 0 fully saturated rings. The van der Waals surface area contributed by atoms with Gasteiger partial charge in [0.1, 0.15) is 5.69 Å². The van der Waals surface area contributed by atoms with Crippen LogP contribution in [0.25, 0.3) is 10.9 Å². The predicted molar refractivity (Wildman–Crippen MR) is 80.5 cm³/mol. The number of carboxylic acids is 1. The van der Waals surface area contributed by atoms with Crippen molar-refractivity contribution in [1.29, 1.82) is 0 Å². The van der Waals surface area contributed by atoms with Gasteiger partial charge in [-0.2, -0.15) is 0 Å². The number of hydrogen-bond donors (Lipinski definition) is 1. The van der Waals surface area contributed by atoms with Crippen molar-refractivity contribution in [3.05, 3.63) is 71.9 Å². The number of pyridine rings is 1. The van der Waals surface area contributed by atoms with Crippen molar-refractivity contribution in [3.63, 3.8) is 0 Å². The van der Waals surface area contributed by atoms with Crippen molar-refractivity contribution in [3.8, 4) is 0 Å². The minimum atomic E-state index is -1.26. The first kappa shape index (κ1) is 13.8. The van der Waals surface area contributed by atoms with Crippen molar-refractivity contribution in [2.45, 2.75) is 0 Å². The molecule has 0 radical (unpaired) electrons. The first-order valence-corrected chi connectivity index (χ1v) is 6.62. The van der Waals surface area contributed by atoms with Gasteiger partial charge < -0.3 is 15.2 Å². The highest BCUT2D eigenvalue weighted by atomic mass is 16.4. The second-order valence-electron chi connectivity index (χ2n) is 4.71. The largest absolute Gasteiger partial charge is 0.545 e. The molecule has 1 amide bonds. The number of aromatic nitrogens is 1. The Morgan fingerprint density at radius 1 is 0.909 bits per heavy atom. The molecule has 108 valence electrons. The maximum atomic E-state index is 12.2. The number of fused-ring (bicyclic) bond motifs is 1. The lowest BCUT2D eigenvalue weighted by atomic mass is 10.2. The first-order valence-electron chi connectivity index (χ1n) is 6.62. The first-order chi connectivity index (χ1) is 10.6. The monoisotopic (exact) mass is 291 g/mol. The Labute approximate surface area is 126 Å². The third-order valence-electron chi connectivity index (χ3n) is 3.21. The van der Waals surface area contributed by atoms with Crippen LogP contribution in [-0.4, -0.2) is 16.9 Å². The fourth-order valence-corrected chi connectivity index (χ4v) is 2.08. The summed E-state index contributed by atoms with van der Waals surface area (Å²) in [6.45, 7) is 0. The molecule has 5 heteroatoms. The SMILES string of the molecule is O=C([O-])c1ccc(NC(=O)c2ccc3ccccc3n2)cc1. The van der Waals surface area contributed by atoms with Crippen LogP contribution >= 0.6 is 0 Å². The number of benzene rings is 2. The van der Waals surface area contributed by atoms with E-state index in [0.29, 0.717) is 11.4 Å². The number of aromatic carboxylic acids is 1. The van der Waals surface area contributed by atoms with Gasteiger partial charge >= 0.3 is 0 Å². The lowest BCUT2D eigenvalue weighted by Gasteiger charge is -2.07. The van der Waals surface area contributed by atoms with Gasteiger partial charge in [-0.3, -0.25) is 4.79 Å². The van der Waals surface area contributed by atoms with Crippen LogP contribution in [0.15, 0.2) is 60.7 Å². The molecule has 0 aliphatic carbocycles. The molecule has 1 N–H and O–H groups in total. The standard InChI is InChI=1S/C17H12N2O3/c20-16(18-13-8-5-12(6-9-13)17(21)22)15-10-7-11-3-1-2-4-14(11)19-15/h1-10H,(H,18,20)(H,21,22)/p-1. The summed E-state index contributed by atoms with van der Waals surface area (Å²) < 4.78 is 0. The second-order valence-corrected chi connectivity index (χ2v) is 4.71. The maximum absolute atomic E-state index is 12.2. The van der Waals surface area contributed by atoms with Crippen LogP contribution in [0.3, 0.4) is 0 Å². The van der Waals surface area contributed by atoms with Gasteiger partial charge in [0.15, 0.2) is 0 Å². The number of hydrogen-bond acceptors (Lipinski definition) is 4. The minimum absolute atomic E-state index is 0.0572. The summed E-state index contributed by atoms with van der Waals surface area (Å²) in [7, 11) is 0. The predicted octanol–water partition coefficient (Wildman–Crippen LogP) is 1.85. The molecule has 2 aromatic carbocycles. The van der Waals surface area contributed by atoms with Gasteiger partial charge in [0.2, 0.25) is 0 Å². The molecule has 1 heterocycles. The molecule has 0 spiro atoms. The third-order valence-corrected chi connectivity index (χ3v) is 3.21. The summed E-state index contributed by atoms with van der Waals surface area (Å²) in [4.78, 5) is 27.1. The number of carbonyl (C=O) groups is 2. The topological polar surface area (TPSA) is 82.1 Å². The van der Waals surface area contributed by atoms with Crippen LogP contribution in [0.5, 0.6) is 0 Å². The Balaban J connectivity index is 1.81. The fourth-order valence-electron chi connectivity index (χ4n) is 2.08. The molecule has 0 aliphatic heterocycles. The summed E-state index contributed by atoms with van der Waals surface area (Å²) in [6.07, 6.45) is 0. The molecular formula is C17H11N2O3-. The molecule has 0 atom stereocenters. The van der Waals surface area contributed by atoms with E-state index in [0.717, 1.165) is 10.9 Å². The van der Waals surface area contributed by atoms with Crippen molar-refractivity contribution in [1.82, 2.24) is 4.98 Å². The van der Waals surface area contributed by atoms with Gasteiger partial charge in [-0.05, 0) is 29.8 Å². The van der Waals surface area contributed by atoms with Crippen molar-refractivity contribution < 1.29 is 14.7 Å². The van der Waals surface area contributed by atoms with Gasteiger partial charge in [-0.15, -0.1) is 0 Å². The number of para-hydroxylation sites is 1. The van der Waals surface area contributed by atoms with E-state index in [4.69, 9.17) is 0 Å². The average Bonchev–Trinajstić information content (AvgIpc) is 2.55. The zero-order valence-corrected chi connectivity index (χ0v) is 11.4. The smallest absolute Gasteiger partial charge is 0.274 e. The highest BCUT2D eigenvalue weighted by Gasteiger charge is 2.08. The molecular weight excluding hydrogens is 280 g/mol. The number of carboxylic acid groups (broad SMARTS) is 1. The summed E-state index contributed by atoms with van der Waals surface area (Å²) in [6, 6.07) is 16.7. The lowest BCUT2D eigenvalue weighted by molar-refractivity contribution is -0.255. The average molecular weight is 291 g/mol. The summed E-state index contributed by atoms with van der Waals surface area (Å²) in [5.41, 5.74) is 1.58. The summed E-state index contributed by atoms with van der Waals surface area (Å²) in [5.74, 6) is -1.61. The molecule has 0 unspecified atom stereocenters. The molecule has 1 aromatic heterocycles. The Bertz CT molecular complexity index is 857. The van der Waals surface area contributed by atoms with Crippen LogP contribution in [0, 0.1) is 0 Å². The van der Waals surface area contributed by atoms with Crippen LogP contribution in [-0.2, 0) is 0 Å².